The fraction of sp³-hybridized carbons (Fsp3) is 0.263. The van der Waals surface area contributed by atoms with Gasteiger partial charge in [0.1, 0.15) is 0 Å². The topological polar surface area (TPSA) is 0 Å². The molecule has 1 aromatic rings. The quantitative estimate of drug-likeness (QED) is 0.705. The molecule has 0 aromatic heterocycles. The molecule has 0 saturated heterocycles. The maximum atomic E-state index is 2.54. The van der Waals surface area contributed by atoms with E-state index in [1.54, 1.807) is 16.7 Å². The van der Waals surface area contributed by atoms with Crippen molar-refractivity contribution < 1.29 is 0 Å². The van der Waals surface area contributed by atoms with Gasteiger partial charge < -0.3 is 0 Å². The van der Waals surface area contributed by atoms with Crippen LogP contribution in [0.15, 0.2) is 76.9 Å². The number of allylic oxidation sites excluding steroid dienone is 8. The summed E-state index contributed by atoms with van der Waals surface area (Å²) in [5.74, 6) is 0.573. The van der Waals surface area contributed by atoms with Gasteiger partial charge in [-0.3, -0.25) is 0 Å². The van der Waals surface area contributed by atoms with Gasteiger partial charge >= 0.3 is 0 Å². The van der Waals surface area contributed by atoms with Crippen LogP contribution in [0.5, 0.6) is 0 Å². The Kier molecular flexibility index (Phi) is 2.55. The number of hydrogen-bond acceptors (Lipinski definition) is 0. The number of benzene rings is 1. The molecule has 1 saturated carbocycles. The highest BCUT2D eigenvalue weighted by atomic mass is 14.3. The molecule has 1 fully saturated rings. The van der Waals surface area contributed by atoms with Gasteiger partial charge in [0.15, 0.2) is 0 Å². The van der Waals surface area contributed by atoms with E-state index in [1.807, 2.05) is 0 Å². The second-order valence-corrected chi connectivity index (χ2v) is 5.72. The molecule has 0 spiro atoms. The lowest BCUT2D eigenvalue weighted by atomic mass is 9.80. The SMILES string of the molecule is C1=CC2=C3CCCC3=CC(Cc3ccccc3)C2=C1. The molecule has 0 aliphatic heterocycles. The van der Waals surface area contributed by atoms with E-state index in [1.165, 1.54) is 30.4 Å². The van der Waals surface area contributed by atoms with Crippen LogP contribution in [0, 0.1) is 5.92 Å². The zero-order chi connectivity index (χ0) is 12.7. The van der Waals surface area contributed by atoms with E-state index in [9.17, 15) is 0 Å². The van der Waals surface area contributed by atoms with Crippen molar-refractivity contribution in [2.75, 3.05) is 0 Å². The second-order valence-electron chi connectivity index (χ2n) is 5.72. The summed E-state index contributed by atoms with van der Waals surface area (Å²) in [6, 6.07) is 10.9. The van der Waals surface area contributed by atoms with Crippen LogP contribution < -0.4 is 0 Å². The minimum Gasteiger partial charge on any atom is -0.0731 e. The van der Waals surface area contributed by atoms with Crippen LogP contribution in [0.1, 0.15) is 24.8 Å². The third-order valence-corrected chi connectivity index (χ3v) is 4.54. The third-order valence-electron chi connectivity index (χ3n) is 4.54. The first-order valence-electron chi connectivity index (χ1n) is 7.28. The Morgan fingerprint density at radius 3 is 2.84 bits per heavy atom. The Balaban J connectivity index is 1.70. The van der Waals surface area contributed by atoms with E-state index in [0.29, 0.717) is 5.92 Å². The van der Waals surface area contributed by atoms with Crippen molar-refractivity contribution in [3.05, 3.63) is 82.5 Å². The van der Waals surface area contributed by atoms with Gasteiger partial charge in [0.2, 0.25) is 0 Å². The highest BCUT2D eigenvalue weighted by molar-refractivity contribution is 5.62. The summed E-state index contributed by atoms with van der Waals surface area (Å²) in [5.41, 5.74) is 7.78. The molecule has 0 N–H and O–H groups in total. The summed E-state index contributed by atoms with van der Waals surface area (Å²) in [6.45, 7) is 0. The van der Waals surface area contributed by atoms with E-state index in [0.717, 1.165) is 6.42 Å². The van der Waals surface area contributed by atoms with Crippen molar-refractivity contribution in [1.29, 1.82) is 0 Å². The first-order valence-corrected chi connectivity index (χ1v) is 7.28. The van der Waals surface area contributed by atoms with Crippen LogP contribution in [0.2, 0.25) is 0 Å². The molecule has 94 valence electrons. The first-order chi connectivity index (χ1) is 9.42. The van der Waals surface area contributed by atoms with Gasteiger partial charge in [-0.1, -0.05) is 54.6 Å². The minimum atomic E-state index is 0.573. The molecule has 1 atom stereocenters. The Labute approximate surface area is 114 Å². The summed E-state index contributed by atoms with van der Waals surface area (Å²) in [4.78, 5) is 0. The standard InChI is InChI=1S/C19H18/c1-2-6-14(7-3-1)12-16-13-15-8-4-9-17(15)19-11-5-10-18(16)19/h1-3,5-7,10-11,13,16H,4,8-9,12H2. The molecule has 4 rings (SSSR count). The molecule has 1 unspecified atom stereocenters. The van der Waals surface area contributed by atoms with Crippen LogP contribution in [0.4, 0.5) is 0 Å². The van der Waals surface area contributed by atoms with Gasteiger partial charge in [-0.05, 0) is 53.5 Å². The van der Waals surface area contributed by atoms with Crippen molar-refractivity contribution in [2.24, 2.45) is 5.92 Å². The summed E-state index contributed by atoms with van der Waals surface area (Å²) < 4.78 is 0. The largest absolute Gasteiger partial charge is 0.0731 e. The van der Waals surface area contributed by atoms with Crippen molar-refractivity contribution >= 4 is 0 Å². The zero-order valence-electron chi connectivity index (χ0n) is 11.1. The van der Waals surface area contributed by atoms with Crippen LogP contribution in [-0.4, -0.2) is 0 Å². The average Bonchev–Trinajstić information content (AvgIpc) is 3.07. The Morgan fingerprint density at radius 1 is 1.05 bits per heavy atom. The minimum absolute atomic E-state index is 0.573. The Hall–Kier alpha value is -1.82. The molecule has 0 amide bonds. The number of fused-ring (bicyclic) bond motifs is 2. The molecule has 0 heteroatoms. The summed E-state index contributed by atoms with van der Waals surface area (Å²) >= 11 is 0. The molecule has 0 nitrogen and oxygen atoms in total. The van der Waals surface area contributed by atoms with Gasteiger partial charge in [0, 0.05) is 5.92 Å². The van der Waals surface area contributed by atoms with Crippen molar-refractivity contribution in [1.82, 2.24) is 0 Å². The highest BCUT2D eigenvalue weighted by Crippen LogP contribution is 2.45. The van der Waals surface area contributed by atoms with E-state index >= 15 is 0 Å². The van der Waals surface area contributed by atoms with Crippen LogP contribution in [0.3, 0.4) is 0 Å². The number of hydrogen-bond donors (Lipinski definition) is 0. The summed E-state index contributed by atoms with van der Waals surface area (Å²) in [7, 11) is 0. The fourth-order valence-corrected chi connectivity index (χ4v) is 3.66. The smallest absolute Gasteiger partial charge is 0.00703 e. The molecule has 0 bridgehead atoms. The highest BCUT2D eigenvalue weighted by Gasteiger charge is 2.29. The lowest BCUT2D eigenvalue weighted by Crippen LogP contribution is -2.11. The summed E-state index contributed by atoms with van der Waals surface area (Å²) in [6.07, 6.45) is 14.4. The normalized spacial score (nSPS) is 24.1. The molecular formula is C19H18. The molecule has 3 aliphatic rings. The predicted octanol–water partition coefficient (Wildman–Crippen LogP) is 4.76. The van der Waals surface area contributed by atoms with E-state index in [2.05, 4.69) is 54.6 Å². The van der Waals surface area contributed by atoms with Crippen molar-refractivity contribution in [3.8, 4) is 0 Å². The average molecular weight is 246 g/mol. The van der Waals surface area contributed by atoms with Gasteiger partial charge in [0.25, 0.3) is 0 Å². The molecular weight excluding hydrogens is 228 g/mol. The third kappa shape index (κ3) is 1.83. The molecule has 0 heterocycles. The molecule has 1 aromatic carbocycles. The molecule has 3 aliphatic carbocycles. The summed E-state index contributed by atoms with van der Waals surface area (Å²) in [5, 5.41) is 0. The lowest BCUT2D eigenvalue weighted by Gasteiger charge is -2.24. The zero-order valence-corrected chi connectivity index (χ0v) is 11.1. The molecule has 0 radical (unpaired) electrons. The molecule has 19 heavy (non-hydrogen) atoms. The number of rotatable bonds is 2. The van der Waals surface area contributed by atoms with Gasteiger partial charge in [-0.25, -0.2) is 0 Å². The second kappa shape index (κ2) is 4.38. The van der Waals surface area contributed by atoms with Crippen LogP contribution in [0.25, 0.3) is 0 Å². The lowest BCUT2D eigenvalue weighted by molar-refractivity contribution is 0.749. The first kappa shape index (κ1) is 11.0. The monoisotopic (exact) mass is 246 g/mol. The van der Waals surface area contributed by atoms with E-state index in [-0.39, 0.29) is 0 Å². The van der Waals surface area contributed by atoms with Gasteiger partial charge in [-0.2, -0.15) is 0 Å². The predicted molar refractivity (Wildman–Crippen MR) is 79.8 cm³/mol. The van der Waals surface area contributed by atoms with Crippen molar-refractivity contribution in [2.45, 2.75) is 25.7 Å². The fourth-order valence-electron chi connectivity index (χ4n) is 3.66. The van der Waals surface area contributed by atoms with Crippen LogP contribution in [-0.2, 0) is 6.42 Å². The van der Waals surface area contributed by atoms with E-state index < -0.39 is 0 Å². The Morgan fingerprint density at radius 2 is 1.95 bits per heavy atom. The van der Waals surface area contributed by atoms with Crippen LogP contribution >= 0.6 is 0 Å². The van der Waals surface area contributed by atoms with Gasteiger partial charge in [0.05, 0.1) is 0 Å². The van der Waals surface area contributed by atoms with E-state index in [4.69, 9.17) is 0 Å². The van der Waals surface area contributed by atoms with Crippen molar-refractivity contribution in [3.63, 3.8) is 0 Å². The maximum Gasteiger partial charge on any atom is 0.00703 e. The van der Waals surface area contributed by atoms with Gasteiger partial charge in [-0.15, -0.1) is 0 Å². The maximum absolute atomic E-state index is 2.54. The Bertz CT molecular complexity index is 623.